The van der Waals surface area contributed by atoms with Crippen molar-refractivity contribution in [1.29, 1.82) is 0 Å². The Morgan fingerprint density at radius 2 is 2.07 bits per heavy atom. The van der Waals surface area contributed by atoms with E-state index in [9.17, 15) is 4.79 Å². The summed E-state index contributed by atoms with van der Waals surface area (Å²) in [5.74, 6) is -0.316. The fourth-order valence-corrected chi connectivity index (χ4v) is 1.18. The van der Waals surface area contributed by atoms with Crippen molar-refractivity contribution >= 4 is 11.7 Å². The average Bonchev–Trinajstić information content (AvgIpc) is 2.29. The van der Waals surface area contributed by atoms with Crippen LogP contribution in [0.2, 0.25) is 0 Å². The Labute approximate surface area is 89.4 Å². The minimum Gasteiger partial charge on any atom is -0.465 e. The minimum atomic E-state index is -0.316. The molecule has 0 atom stereocenters. The summed E-state index contributed by atoms with van der Waals surface area (Å²) in [6.07, 6.45) is 0.929. The molecule has 0 bridgehead atoms. The smallest absolute Gasteiger partial charge is 0.337 e. The van der Waals surface area contributed by atoms with Gasteiger partial charge in [-0.3, -0.25) is 0 Å². The molecule has 4 heteroatoms. The first-order chi connectivity index (χ1) is 7.27. The molecule has 1 aromatic rings. The van der Waals surface area contributed by atoms with Crippen molar-refractivity contribution in [3.8, 4) is 0 Å². The highest BCUT2D eigenvalue weighted by atomic mass is 16.5. The third kappa shape index (κ3) is 3.59. The van der Waals surface area contributed by atoms with Gasteiger partial charge in [0, 0.05) is 12.2 Å². The van der Waals surface area contributed by atoms with Crippen LogP contribution in [0, 0.1) is 0 Å². The molecule has 0 unspecified atom stereocenters. The van der Waals surface area contributed by atoms with E-state index in [4.69, 9.17) is 5.73 Å². The topological polar surface area (TPSA) is 64.3 Å². The quantitative estimate of drug-likeness (QED) is 0.564. The molecule has 0 aliphatic rings. The number of ether oxygens (including phenoxy) is 1. The van der Waals surface area contributed by atoms with Crippen molar-refractivity contribution in [1.82, 2.24) is 0 Å². The Balaban J connectivity index is 2.52. The summed E-state index contributed by atoms with van der Waals surface area (Å²) in [6, 6.07) is 7.17. The van der Waals surface area contributed by atoms with E-state index < -0.39 is 0 Å². The van der Waals surface area contributed by atoms with Crippen molar-refractivity contribution in [2.45, 2.75) is 6.42 Å². The summed E-state index contributed by atoms with van der Waals surface area (Å²) in [5.41, 5.74) is 6.91. The molecule has 0 fully saturated rings. The molecule has 1 rings (SSSR count). The number of hydrogen-bond donors (Lipinski definition) is 2. The van der Waals surface area contributed by atoms with Crippen LogP contribution in [0.4, 0.5) is 5.69 Å². The van der Waals surface area contributed by atoms with E-state index in [1.165, 1.54) is 7.11 Å². The number of anilines is 1. The zero-order valence-electron chi connectivity index (χ0n) is 8.82. The highest BCUT2D eigenvalue weighted by Gasteiger charge is 2.03. The molecule has 0 aliphatic heterocycles. The molecule has 0 saturated heterocycles. The maximum absolute atomic E-state index is 11.1. The second-order valence-electron chi connectivity index (χ2n) is 3.14. The molecule has 0 amide bonds. The normalized spacial score (nSPS) is 9.73. The van der Waals surface area contributed by atoms with E-state index in [1.807, 2.05) is 12.1 Å². The lowest BCUT2D eigenvalue weighted by Crippen LogP contribution is -2.08. The van der Waals surface area contributed by atoms with Crippen LogP contribution in [0.15, 0.2) is 24.3 Å². The molecule has 1 aromatic carbocycles. The molecule has 0 aromatic heterocycles. The van der Waals surface area contributed by atoms with Gasteiger partial charge in [-0.1, -0.05) is 0 Å². The van der Waals surface area contributed by atoms with Crippen LogP contribution in [0.3, 0.4) is 0 Å². The summed E-state index contributed by atoms with van der Waals surface area (Å²) in [4.78, 5) is 11.1. The van der Waals surface area contributed by atoms with Gasteiger partial charge < -0.3 is 15.8 Å². The first kappa shape index (κ1) is 11.5. The van der Waals surface area contributed by atoms with E-state index >= 15 is 0 Å². The fraction of sp³-hybridized carbons (Fsp3) is 0.364. The Hall–Kier alpha value is -1.55. The molecule has 0 saturated carbocycles. The summed E-state index contributed by atoms with van der Waals surface area (Å²) < 4.78 is 4.60. The SMILES string of the molecule is COC(=O)c1ccc(NCCCN)cc1. The van der Waals surface area contributed by atoms with Crippen LogP contribution < -0.4 is 11.1 Å². The summed E-state index contributed by atoms with van der Waals surface area (Å²) >= 11 is 0. The Morgan fingerprint density at radius 1 is 1.40 bits per heavy atom. The lowest BCUT2D eigenvalue weighted by Gasteiger charge is -2.05. The van der Waals surface area contributed by atoms with Crippen molar-refractivity contribution < 1.29 is 9.53 Å². The molecule has 82 valence electrons. The van der Waals surface area contributed by atoms with E-state index in [2.05, 4.69) is 10.1 Å². The van der Waals surface area contributed by atoms with Gasteiger partial charge >= 0.3 is 5.97 Å². The van der Waals surface area contributed by atoms with Gasteiger partial charge in [-0.05, 0) is 37.2 Å². The predicted octanol–water partition coefficient (Wildman–Crippen LogP) is 1.23. The maximum atomic E-state index is 11.1. The van der Waals surface area contributed by atoms with Gasteiger partial charge in [-0.15, -0.1) is 0 Å². The number of esters is 1. The lowest BCUT2D eigenvalue weighted by atomic mass is 10.2. The first-order valence-corrected chi connectivity index (χ1v) is 4.90. The molecule has 3 N–H and O–H groups in total. The largest absolute Gasteiger partial charge is 0.465 e. The molecule has 4 nitrogen and oxygen atoms in total. The molecule has 0 radical (unpaired) electrons. The second kappa shape index (κ2) is 6.03. The zero-order valence-corrected chi connectivity index (χ0v) is 8.82. The zero-order chi connectivity index (χ0) is 11.1. The highest BCUT2D eigenvalue weighted by molar-refractivity contribution is 5.89. The first-order valence-electron chi connectivity index (χ1n) is 4.90. The number of carbonyl (C=O) groups is 1. The lowest BCUT2D eigenvalue weighted by molar-refractivity contribution is 0.0601. The summed E-state index contributed by atoms with van der Waals surface area (Å²) in [7, 11) is 1.37. The second-order valence-corrected chi connectivity index (χ2v) is 3.14. The van der Waals surface area contributed by atoms with Gasteiger partial charge in [0.2, 0.25) is 0 Å². The molecule has 15 heavy (non-hydrogen) atoms. The Kier molecular flexibility index (Phi) is 4.63. The van der Waals surface area contributed by atoms with Gasteiger partial charge in [0.05, 0.1) is 12.7 Å². The number of nitrogens with one attached hydrogen (secondary N) is 1. The Bertz CT molecular complexity index is 309. The van der Waals surface area contributed by atoms with Crippen molar-refractivity contribution in [3.63, 3.8) is 0 Å². The van der Waals surface area contributed by atoms with E-state index in [0.717, 1.165) is 18.7 Å². The van der Waals surface area contributed by atoms with Gasteiger partial charge in [0.15, 0.2) is 0 Å². The van der Waals surface area contributed by atoms with Gasteiger partial charge in [0.25, 0.3) is 0 Å². The number of rotatable bonds is 5. The van der Waals surface area contributed by atoms with Crippen molar-refractivity contribution in [2.75, 3.05) is 25.5 Å². The molecule has 0 heterocycles. The molecule has 0 spiro atoms. The fourth-order valence-electron chi connectivity index (χ4n) is 1.18. The van der Waals surface area contributed by atoms with E-state index in [0.29, 0.717) is 12.1 Å². The predicted molar refractivity (Wildman–Crippen MR) is 59.9 cm³/mol. The standard InChI is InChI=1S/C11H16N2O2/c1-15-11(14)9-3-5-10(6-4-9)13-8-2-7-12/h3-6,13H,2,7-8,12H2,1H3. The van der Waals surface area contributed by atoms with Gasteiger partial charge in [-0.2, -0.15) is 0 Å². The number of methoxy groups -OCH3 is 1. The van der Waals surface area contributed by atoms with Gasteiger partial charge in [-0.25, -0.2) is 4.79 Å². The summed E-state index contributed by atoms with van der Waals surface area (Å²) in [5, 5.41) is 3.20. The minimum absolute atomic E-state index is 0.316. The monoisotopic (exact) mass is 208 g/mol. The Morgan fingerprint density at radius 3 is 2.60 bits per heavy atom. The van der Waals surface area contributed by atoms with Crippen LogP contribution >= 0.6 is 0 Å². The molecule has 0 aliphatic carbocycles. The van der Waals surface area contributed by atoms with Crippen LogP contribution in [0.5, 0.6) is 0 Å². The van der Waals surface area contributed by atoms with E-state index in [-0.39, 0.29) is 5.97 Å². The summed E-state index contributed by atoms with van der Waals surface area (Å²) in [6.45, 7) is 1.52. The van der Waals surface area contributed by atoms with Crippen LogP contribution in [-0.4, -0.2) is 26.2 Å². The number of hydrogen-bond acceptors (Lipinski definition) is 4. The molecular formula is C11H16N2O2. The van der Waals surface area contributed by atoms with Crippen LogP contribution in [0.25, 0.3) is 0 Å². The van der Waals surface area contributed by atoms with Gasteiger partial charge in [0.1, 0.15) is 0 Å². The number of nitrogens with two attached hydrogens (primary N) is 1. The van der Waals surface area contributed by atoms with E-state index in [1.54, 1.807) is 12.1 Å². The number of carbonyl (C=O) groups excluding carboxylic acids is 1. The highest BCUT2D eigenvalue weighted by Crippen LogP contribution is 2.10. The third-order valence-corrected chi connectivity index (χ3v) is 2.02. The molecular weight excluding hydrogens is 192 g/mol. The van der Waals surface area contributed by atoms with Crippen molar-refractivity contribution in [3.05, 3.63) is 29.8 Å². The van der Waals surface area contributed by atoms with Crippen molar-refractivity contribution in [2.24, 2.45) is 5.73 Å². The average molecular weight is 208 g/mol. The third-order valence-electron chi connectivity index (χ3n) is 2.02. The maximum Gasteiger partial charge on any atom is 0.337 e. The number of benzene rings is 1. The van der Waals surface area contributed by atoms with Crippen LogP contribution in [-0.2, 0) is 4.74 Å². The van der Waals surface area contributed by atoms with Crippen LogP contribution in [0.1, 0.15) is 16.8 Å².